The molecule has 3 rings (SSSR count). The molecule has 0 bridgehead atoms. The molecule has 2 aromatic rings. The molecule has 1 N–H and O–H groups in total. The second-order valence-corrected chi connectivity index (χ2v) is 4.79. The number of hydrogen-bond donors (Lipinski definition) is 1. The highest BCUT2D eigenvalue weighted by molar-refractivity contribution is 6.11. The molecule has 0 amide bonds. The van der Waals surface area contributed by atoms with Gasteiger partial charge in [0.15, 0.2) is 17.3 Å². The summed E-state index contributed by atoms with van der Waals surface area (Å²) in [6, 6.07) is 4.84. The van der Waals surface area contributed by atoms with Crippen LogP contribution in [0.25, 0.3) is 6.08 Å². The summed E-state index contributed by atoms with van der Waals surface area (Å²) in [5.74, 6) is 0.726. The van der Waals surface area contributed by atoms with Crippen molar-refractivity contribution in [1.82, 2.24) is 14.8 Å². The lowest BCUT2D eigenvalue weighted by atomic mass is 10.0. The Morgan fingerprint density at radius 1 is 1.48 bits per heavy atom. The highest BCUT2D eigenvalue weighted by Crippen LogP contribution is 2.32. The van der Waals surface area contributed by atoms with Gasteiger partial charge in [-0.1, -0.05) is 6.07 Å². The van der Waals surface area contributed by atoms with Gasteiger partial charge in [-0.05, 0) is 37.6 Å². The molecule has 0 radical (unpaired) electrons. The SMILES string of the molecule is CCOc1cc(/C=C2\C(=O)c3ncnn3C2C)ccc1O. The Kier molecular flexibility index (Phi) is 3.21. The molecular formula is C15H15N3O3. The molecule has 2 heterocycles. The second-order valence-electron chi connectivity index (χ2n) is 4.79. The average Bonchev–Trinajstić information content (AvgIpc) is 3.03. The summed E-state index contributed by atoms with van der Waals surface area (Å²) in [6.45, 7) is 4.21. The van der Waals surface area contributed by atoms with Crippen LogP contribution in [-0.2, 0) is 0 Å². The number of hydrogen-bond acceptors (Lipinski definition) is 5. The fourth-order valence-corrected chi connectivity index (χ4v) is 2.40. The maximum atomic E-state index is 12.3. The van der Waals surface area contributed by atoms with E-state index in [1.54, 1.807) is 29.0 Å². The summed E-state index contributed by atoms with van der Waals surface area (Å²) in [6.07, 6.45) is 3.17. The molecule has 1 aromatic heterocycles. The molecule has 1 unspecified atom stereocenters. The zero-order valence-corrected chi connectivity index (χ0v) is 11.8. The maximum Gasteiger partial charge on any atom is 0.228 e. The summed E-state index contributed by atoms with van der Waals surface area (Å²) >= 11 is 0. The highest BCUT2D eigenvalue weighted by Gasteiger charge is 2.33. The van der Waals surface area contributed by atoms with Gasteiger partial charge in [0.25, 0.3) is 0 Å². The second kappa shape index (κ2) is 5.05. The Morgan fingerprint density at radius 2 is 2.29 bits per heavy atom. The van der Waals surface area contributed by atoms with Crippen LogP contribution in [0.2, 0.25) is 0 Å². The molecule has 0 aliphatic carbocycles. The number of aromatic nitrogens is 3. The van der Waals surface area contributed by atoms with Crippen LogP contribution in [0.15, 0.2) is 30.1 Å². The molecule has 1 atom stereocenters. The Bertz CT molecular complexity index is 734. The monoisotopic (exact) mass is 285 g/mol. The smallest absolute Gasteiger partial charge is 0.228 e. The van der Waals surface area contributed by atoms with E-state index in [0.717, 1.165) is 5.56 Å². The summed E-state index contributed by atoms with van der Waals surface area (Å²) in [5, 5.41) is 13.8. The first-order chi connectivity index (χ1) is 10.1. The quantitative estimate of drug-likeness (QED) is 0.875. The molecule has 21 heavy (non-hydrogen) atoms. The molecule has 0 spiro atoms. The van der Waals surface area contributed by atoms with Gasteiger partial charge in [0, 0.05) is 5.57 Å². The fourth-order valence-electron chi connectivity index (χ4n) is 2.40. The molecule has 0 saturated carbocycles. The molecule has 108 valence electrons. The molecule has 6 heteroatoms. The van der Waals surface area contributed by atoms with Crippen molar-refractivity contribution in [3.05, 3.63) is 41.5 Å². The number of aromatic hydroxyl groups is 1. The van der Waals surface area contributed by atoms with Gasteiger partial charge in [0.05, 0.1) is 12.6 Å². The number of ether oxygens (including phenoxy) is 1. The Hall–Kier alpha value is -2.63. The number of benzene rings is 1. The first-order valence-corrected chi connectivity index (χ1v) is 6.73. The van der Waals surface area contributed by atoms with Crippen LogP contribution in [-0.4, -0.2) is 32.3 Å². The van der Waals surface area contributed by atoms with Crippen molar-refractivity contribution in [3.63, 3.8) is 0 Å². The van der Waals surface area contributed by atoms with Crippen molar-refractivity contribution in [2.75, 3.05) is 6.61 Å². The summed E-state index contributed by atoms with van der Waals surface area (Å²) in [4.78, 5) is 16.3. The first-order valence-electron chi connectivity index (χ1n) is 6.73. The van der Waals surface area contributed by atoms with Gasteiger partial charge < -0.3 is 9.84 Å². The largest absolute Gasteiger partial charge is 0.504 e. The summed E-state index contributed by atoms with van der Waals surface area (Å²) in [5.41, 5.74) is 1.41. The van der Waals surface area contributed by atoms with Crippen molar-refractivity contribution < 1.29 is 14.6 Å². The zero-order chi connectivity index (χ0) is 15.0. The number of carbonyl (C=O) groups is 1. The lowest BCUT2D eigenvalue weighted by Gasteiger charge is -2.08. The molecule has 0 saturated heterocycles. The summed E-state index contributed by atoms with van der Waals surface area (Å²) in [7, 11) is 0. The number of phenolic OH excluding ortho intramolecular Hbond substituents is 1. The van der Waals surface area contributed by atoms with Crippen molar-refractivity contribution >= 4 is 11.9 Å². The van der Waals surface area contributed by atoms with Crippen LogP contribution in [0.4, 0.5) is 0 Å². The minimum Gasteiger partial charge on any atom is -0.504 e. The summed E-state index contributed by atoms with van der Waals surface area (Å²) < 4.78 is 6.96. The first kappa shape index (κ1) is 13.4. The average molecular weight is 285 g/mol. The van der Waals surface area contributed by atoms with Gasteiger partial charge in [-0.15, -0.1) is 0 Å². The topological polar surface area (TPSA) is 77.2 Å². The van der Waals surface area contributed by atoms with Gasteiger partial charge in [0.1, 0.15) is 6.33 Å². The number of allylic oxidation sites excluding steroid dienone is 1. The molecule has 1 aliphatic heterocycles. The van der Waals surface area contributed by atoms with Crippen LogP contribution < -0.4 is 4.74 Å². The lowest BCUT2D eigenvalue weighted by Crippen LogP contribution is -2.02. The van der Waals surface area contributed by atoms with Gasteiger partial charge in [-0.25, -0.2) is 9.67 Å². The molecular weight excluding hydrogens is 270 g/mol. The van der Waals surface area contributed by atoms with Crippen LogP contribution in [0.3, 0.4) is 0 Å². The predicted octanol–water partition coefficient (Wildman–Crippen LogP) is 2.22. The minimum absolute atomic E-state index is 0.0828. The number of Topliss-reactive ketones (excluding diaryl/α,β-unsaturated/α-hetero) is 1. The van der Waals surface area contributed by atoms with Crippen LogP contribution in [0.5, 0.6) is 11.5 Å². The van der Waals surface area contributed by atoms with E-state index in [1.807, 2.05) is 13.8 Å². The number of nitrogens with zero attached hydrogens (tertiary/aromatic N) is 3. The van der Waals surface area contributed by atoms with Crippen LogP contribution >= 0.6 is 0 Å². The maximum absolute atomic E-state index is 12.3. The number of fused-ring (bicyclic) bond motifs is 1. The normalized spacial score (nSPS) is 19.0. The molecule has 0 fully saturated rings. The third kappa shape index (κ3) is 2.18. The third-order valence-electron chi connectivity index (χ3n) is 3.46. The molecule has 1 aliphatic rings. The van der Waals surface area contributed by atoms with E-state index in [4.69, 9.17) is 4.74 Å². The van der Waals surface area contributed by atoms with E-state index >= 15 is 0 Å². The van der Waals surface area contributed by atoms with Crippen molar-refractivity contribution in [1.29, 1.82) is 0 Å². The predicted molar refractivity (Wildman–Crippen MR) is 76.3 cm³/mol. The number of ketones is 1. The number of carbonyl (C=O) groups excluding carboxylic acids is 1. The lowest BCUT2D eigenvalue weighted by molar-refractivity contribution is 0.103. The van der Waals surface area contributed by atoms with Crippen molar-refractivity contribution in [2.45, 2.75) is 19.9 Å². The number of phenols is 1. The molecule has 1 aromatic carbocycles. The van der Waals surface area contributed by atoms with E-state index in [9.17, 15) is 9.90 Å². The van der Waals surface area contributed by atoms with Crippen LogP contribution in [0, 0.1) is 0 Å². The minimum atomic E-state index is -0.153. The van der Waals surface area contributed by atoms with Gasteiger partial charge in [-0.2, -0.15) is 5.10 Å². The third-order valence-corrected chi connectivity index (χ3v) is 3.46. The van der Waals surface area contributed by atoms with Gasteiger partial charge >= 0.3 is 0 Å². The van der Waals surface area contributed by atoms with E-state index in [-0.39, 0.29) is 17.6 Å². The molecule has 6 nitrogen and oxygen atoms in total. The standard InChI is InChI=1S/C15H15N3O3/c1-3-21-13-7-10(4-5-12(13)19)6-11-9(2)18-15(14(11)20)16-8-17-18/h4-9,19H,3H2,1-2H3/b11-6-. The van der Waals surface area contributed by atoms with E-state index < -0.39 is 0 Å². The Balaban J connectivity index is 1.98. The van der Waals surface area contributed by atoms with E-state index in [2.05, 4.69) is 10.1 Å². The zero-order valence-electron chi connectivity index (χ0n) is 11.8. The van der Waals surface area contributed by atoms with Crippen molar-refractivity contribution in [2.24, 2.45) is 0 Å². The fraction of sp³-hybridized carbons (Fsp3) is 0.267. The van der Waals surface area contributed by atoms with Crippen LogP contribution in [0.1, 0.15) is 36.1 Å². The van der Waals surface area contributed by atoms with Gasteiger partial charge in [-0.3, -0.25) is 4.79 Å². The Labute approximate surface area is 121 Å². The number of rotatable bonds is 3. The van der Waals surface area contributed by atoms with E-state index in [0.29, 0.717) is 23.8 Å². The van der Waals surface area contributed by atoms with Gasteiger partial charge in [0.2, 0.25) is 5.78 Å². The highest BCUT2D eigenvalue weighted by atomic mass is 16.5. The van der Waals surface area contributed by atoms with E-state index in [1.165, 1.54) is 6.33 Å². The van der Waals surface area contributed by atoms with Crippen molar-refractivity contribution in [3.8, 4) is 11.5 Å². The Morgan fingerprint density at radius 3 is 3.00 bits per heavy atom.